The highest BCUT2D eigenvalue weighted by Crippen LogP contribution is 2.27. The first kappa shape index (κ1) is 19.9. The predicted octanol–water partition coefficient (Wildman–Crippen LogP) is 4.85. The predicted molar refractivity (Wildman–Crippen MR) is 114 cm³/mol. The number of methoxy groups -OCH3 is 1. The summed E-state index contributed by atoms with van der Waals surface area (Å²) >= 11 is 2.97. The minimum absolute atomic E-state index is 0.386. The van der Waals surface area contributed by atoms with E-state index in [1.807, 2.05) is 48.0 Å². The Balaban J connectivity index is 1.68. The van der Waals surface area contributed by atoms with Gasteiger partial charge in [0.25, 0.3) is 5.91 Å². The number of esters is 1. The molecule has 0 unspecified atom stereocenters. The molecule has 0 atom stereocenters. The number of carbonyl (C=O) groups excluding carboxylic acids is 2. The number of rotatable bonds is 7. The molecule has 3 aromatic rings. The molecular formula is C21H19NO4S2. The first-order valence-electron chi connectivity index (χ1n) is 8.47. The van der Waals surface area contributed by atoms with E-state index in [0.29, 0.717) is 17.0 Å². The molecule has 0 spiro atoms. The van der Waals surface area contributed by atoms with E-state index in [2.05, 4.69) is 5.32 Å². The van der Waals surface area contributed by atoms with Gasteiger partial charge in [0.1, 0.15) is 5.75 Å². The maximum atomic E-state index is 12.6. The zero-order valence-electron chi connectivity index (χ0n) is 15.4. The summed E-state index contributed by atoms with van der Waals surface area (Å²) in [6, 6.07) is 13.0. The van der Waals surface area contributed by atoms with Crippen molar-refractivity contribution in [3.63, 3.8) is 0 Å². The Bertz CT molecular complexity index is 976. The molecule has 7 heteroatoms. The van der Waals surface area contributed by atoms with Crippen LogP contribution in [0, 0.1) is 6.92 Å². The van der Waals surface area contributed by atoms with Crippen LogP contribution in [-0.2, 0) is 14.3 Å². The van der Waals surface area contributed by atoms with Gasteiger partial charge in [-0.25, -0.2) is 4.79 Å². The zero-order valence-corrected chi connectivity index (χ0v) is 17.1. The maximum absolute atomic E-state index is 12.6. The first-order chi connectivity index (χ1) is 13.6. The monoisotopic (exact) mass is 413 g/mol. The second-order valence-electron chi connectivity index (χ2n) is 5.88. The lowest BCUT2D eigenvalue weighted by atomic mass is 10.2. The third-order valence-corrected chi connectivity index (χ3v) is 5.52. The lowest BCUT2D eigenvalue weighted by molar-refractivity contribution is -0.141. The molecule has 3 rings (SSSR count). The third kappa shape index (κ3) is 5.09. The van der Waals surface area contributed by atoms with Gasteiger partial charge in [-0.3, -0.25) is 4.79 Å². The fourth-order valence-electron chi connectivity index (χ4n) is 2.49. The largest absolute Gasteiger partial charge is 0.495 e. The van der Waals surface area contributed by atoms with Gasteiger partial charge in [0.2, 0.25) is 0 Å². The average Bonchev–Trinajstić information content (AvgIpc) is 3.38. The number of amides is 1. The van der Waals surface area contributed by atoms with Crippen molar-refractivity contribution in [3.8, 4) is 5.75 Å². The quantitative estimate of drug-likeness (QED) is 0.444. The summed E-state index contributed by atoms with van der Waals surface area (Å²) in [5, 5.41) is 6.55. The Morgan fingerprint density at radius 2 is 1.89 bits per heavy atom. The summed E-state index contributed by atoms with van der Waals surface area (Å²) in [5.74, 6) is -0.428. The Kier molecular flexibility index (Phi) is 6.62. The van der Waals surface area contributed by atoms with Gasteiger partial charge >= 0.3 is 5.97 Å². The van der Waals surface area contributed by atoms with Gasteiger partial charge in [0, 0.05) is 9.75 Å². The number of hydrogen-bond acceptors (Lipinski definition) is 6. The number of hydrogen-bond donors (Lipinski definition) is 1. The highest BCUT2D eigenvalue weighted by molar-refractivity contribution is 7.12. The van der Waals surface area contributed by atoms with E-state index in [1.54, 1.807) is 18.2 Å². The molecule has 0 aliphatic heterocycles. The van der Waals surface area contributed by atoms with Crippen molar-refractivity contribution in [3.05, 3.63) is 68.5 Å². The van der Waals surface area contributed by atoms with Crippen molar-refractivity contribution in [2.24, 2.45) is 0 Å². The van der Waals surface area contributed by atoms with Crippen LogP contribution in [0.5, 0.6) is 5.75 Å². The van der Waals surface area contributed by atoms with Crippen LogP contribution in [0.25, 0.3) is 11.6 Å². The van der Waals surface area contributed by atoms with E-state index in [0.717, 1.165) is 15.3 Å². The van der Waals surface area contributed by atoms with Crippen LogP contribution in [0.1, 0.15) is 15.3 Å². The van der Waals surface area contributed by atoms with Crippen LogP contribution in [0.15, 0.2) is 53.2 Å². The van der Waals surface area contributed by atoms with Crippen LogP contribution in [0.3, 0.4) is 0 Å². The van der Waals surface area contributed by atoms with Crippen LogP contribution < -0.4 is 10.1 Å². The summed E-state index contributed by atoms with van der Waals surface area (Å²) in [6.45, 7) is 1.53. The topological polar surface area (TPSA) is 64.6 Å². The lowest BCUT2D eigenvalue weighted by Crippen LogP contribution is -2.21. The van der Waals surface area contributed by atoms with Gasteiger partial charge in [-0.15, -0.1) is 22.7 Å². The molecule has 28 heavy (non-hydrogen) atoms. The van der Waals surface area contributed by atoms with Crippen molar-refractivity contribution >= 4 is 51.9 Å². The lowest BCUT2D eigenvalue weighted by Gasteiger charge is -2.11. The van der Waals surface area contributed by atoms with Gasteiger partial charge in [-0.05, 0) is 53.6 Å². The van der Waals surface area contributed by atoms with Crippen molar-refractivity contribution in [2.75, 3.05) is 19.0 Å². The molecule has 0 radical (unpaired) electrons. The highest BCUT2D eigenvalue weighted by Gasteiger charge is 2.17. The third-order valence-electron chi connectivity index (χ3n) is 3.80. The fraction of sp³-hybridized carbons (Fsp3) is 0.143. The normalized spacial score (nSPS) is 11.1. The summed E-state index contributed by atoms with van der Waals surface area (Å²) in [4.78, 5) is 26.6. The van der Waals surface area contributed by atoms with Crippen molar-refractivity contribution in [1.82, 2.24) is 0 Å². The van der Waals surface area contributed by atoms with E-state index >= 15 is 0 Å². The molecule has 0 saturated heterocycles. The summed E-state index contributed by atoms with van der Waals surface area (Å²) < 4.78 is 10.5. The second kappa shape index (κ2) is 9.34. The molecule has 0 aliphatic rings. The van der Waals surface area contributed by atoms with Crippen LogP contribution in [0.4, 0.5) is 5.69 Å². The van der Waals surface area contributed by atoms with Crippen LogP contribution in [-0.4, -0.2) is 25.6 Å². The molecule has 1 aromatic carbocycles. The maximum Gasteiger partial charge on any atom is 0.340 e. The van der Waals surface area contributed by atoms with Crippen LogP contribution >= 0.6 is 22.7 Å². The number of carbonyl (C=O) groups is 2. The Hall–Kier alpha value is -2.90. The number of ether oxygens (including phenoxy) is 2. The molecule has 5 nitrogen and oxygen atoms in total. The molecule has 0 saturated carbocycles. The Morgan fingerprint density at radius 1 is 1.11 bits per heavy atom. The SMILES string of the molecule is COc1ccc(C)cc1NC(=O)COC(=O)/C(=C/c1cccs1)c1cccs1. The molecule has 144 valence electrons. The second-order valence-corrected chi connectivity index (χ2v) is 7.81. The van der Waals surface area contributed by atoms with Gasteiger partial charge in [0.05, 0.1) is 18.4 Å². The minimum Gasteiger partial charge on any atom is -0.495 e. The Labute approximate surface area is 171 Å². The molecule has 2 aromatic heterocycles. The summed E-state index contributed by atoms with van der Waals surface area (Å²) in [7, 11) is 1.53. The molecule has 1 N–H and O–H groups in total. The highest BCUT2D eigenvalue weighted by atomic mass is 32.1. The smallest absolute Gasteiger partial charge is 0.340 e. The van der Waals surface area contributed by atoms with E-state index in [4.69, 9.17) is 9.47 Å². The van der Waals surface area contributed by atoms with Crippen molar-refractivity contribution in [2.45, 2.75) is 6.92 Å². The first-order valence-corrected chi connectivity index (χ1v) is 10.2. The van der Waals surface area contributed by atoms with E-state index in [9.17, 15) is 9.59 Å². The van der Waals surface area contributed by atoms with Gasteiger partial charge in [0.15, 0.2) is 6.61 Å². The van der Waals surface area contributed by atoms with Crippen molar-refractivity contribution in [1.29, 1.82) is 0 Å². The van der Waals surface area contributed by atoms with Gasteiger partial charge < -0.3 is 14.8 Å². The number of anilines is 1. The number of aryl methyl sites for hydroxylation is 1. The average molecular weight is 414 g/mol. The zero-order chi connectivity index (χ0) is 19.9. The summed E-state index contributed by atoms with van der Waals surface area (Å²) in [6.07, 6.45) is 1.78. The number of nitrogens with one attached hydrogen (secondary N) is 1. The molecule has 0 bridgehead atoms. The van der Waals surface area contributed by atoms with E-state index in [1.165, 1.54) is 29.8 Å². The van der Waals surface area contributed by atoms with Gasteiger partial charge in [-0.2, -0.15) is 0 Å². The van der Waals surface area contributed by atoms with E-state index in [-0.39, 0.29) is 6.61 Å². The number of benzene rings is 1. The standard InChI is InChI=1S/C21H19NO4S2/c1-14-7-8-18(25-2)17(11-14)22-20(23)13-26-21(24)16(19-6-4-10-28-19)12-15-5-3-9-27-15/h3-12H,13H2,1-2H3,(H,22,23)/b16-12+. The molecule has 0 aliphatic carbocycles. The molecule has 0 fully saturated rings. The fourth-order valence-corrected chi connectivity index (χ4v) is 3.88. The molecule has 2 heterocycles. The van der Waals surface area contributed by atoms with Crippen LogP contribution in [0.2, 0.25) is 0 Å². The van der Waals surface area contributed by atoms with Gasteiger partial charge in [-0.1, -0.05) is 18.2 Å². The van der Waals surface area contributed by atoms with E-state index < -0.39 is 11.9 Å². The summed E-state index contributed by atoms with van der Waals surface area (Å²) in [5.41, 5.74) is 1.95. The molecule has 1 amide bonds. The molecular weight excluding hydrogens is 394 g/mol. The minimum atomic E-state index is -0.540. The Morgan fingerprint density at radius 3 is 2.57 bits per heavy atom. The number of thiophene rings is 2. The van der Waals surface area contributed by atoms with Crippen molar-refractivity contribution < 1.29 is 19.1 Å².